The highest BCUT2D eigenvalue weighted by Crippen LogP contribution is 2.25. The zero-order valence-corrected chi connectivity index (χ0v) is 16.2. The molecule has 1 saturated heterocycles. The Labute approximate surface area is 172 Å². The number of hydrogen-bond acceptors (Lipinski definition) is 7. The molecule has 0 bridgehead atoms. The highest BCUT2D eigenvalue weighted by atomic mass is 16.2. The fraction of sp³-hybridized carbons (Fsp3) is 0.190. The quantitative estimate of drug-likeness (QED) is 0.539. The van der Waals surface area contributed by atoms with Crippen LogP contribution < -0.4 is 15.5 Å². The molecule has 30 heavy (non-hydrogen) atoms. The minimum atomic E-state index is -0.276. The summed E-state index contributed by atoms with van der Waals surface area (Å²) in [6.07, 6.45) is 8.45. The number of rotatable bonds is 4. The molecule has 9 nitrogen and oxygen atoms in total. The van der Waals surface area contributed by atoms with Crippen LogP contribution in [0.15, 0.2) is 61.4 Å². The molecule has 1 amide bonds. The summed E-state index contributed by atoms with van der Waals surface area (Å²) in [5.41, 5.74) is 3.67. The molecule has 1 aromatic carbocycles. The maximum Gasteiger partial charge on any atom is 0.276 e. The van der Waals surface area contributed by atoms with Crippen molar-refractivity contribution in [3.8, 4) is 5.69 Å². The fourth-order valence-electron chi connectivity index (χ4n) is 3.55. The van der Waals surface area contributed by atoms with E-state index in [2.05, 4.69) is 35.6 Å². The van der Waals surface area contributed by atoms with Crippen molar-refractivity contribution in [1.29, 1.82) is 0 Å². The number of aromatic nitrogens is 5. The van der Waals surface area contributed by atoms with Gasteiger partial charge in [0.25, 0.3) is 5.91 Å². The lowest BCUT2D eigenvalue weighted by atomic mass is 10.2. The van der Waals surface area contributed by atoms with Gasteiger partial charge >= 0.3 is 0 Å². The standard InChI is InChI=1S/C21H20N8O/c30-21(26-19-13-23-5-3-20(19)28-9-6-22-7-10-28)18-4-8-29(27-18)16-1-2-17-15(11-16)12-24-14-25-17/h1-5,8,11-14,22H,6-7,9-10H2,(H,26,30). The Morgan fingerprint density at radius 3 is 2.87 bits per heavy atom. The number of carbonyl (C=O) groups excluding carboxylic acids is 1. The van der Waals surface area contributed by atoms with Gasteiger partial charge in [-0.05, 0) is 30.3 Å². The zero-order valence-electron chi connectivity index (χ0n) is 16.2. The monoisotopic (exact) mass is 400 g/mol. The molecule has 3 aromatic heterocycles. The number of amides is 1. The van der Waals surface area contributed by atoms with Crippen LogP contribution in [0.25, 0.3) is 16.6 Å². The number of fused-ring (bicyclic) bond motifs is 1. The molecule has 9 heteroatoms. The lowest BCUT2D eigenvalue weighted by Gasteiger charge is -2.30. The summed E-state index contributed by atoms with van der Waals surface area (Å²) < 4.78 is 1.67. The van der Waals surface area contributed by atoms with Gasteiger partial charge in [0.05, 0.1) is 28.8 Å². The van der Waals surface area contributed by atoms with Crippen LogP contribution in [0.1, 0.15) is 10.5 Å². The van der Waals surface area contributed by atoms with Crippen molar-refractivity contribution in [2.24, 2.45) is 0 Å². The number of piperazine rings is 1. The van der Waals surface area contributed by atoms with Crippen molar-refractivity contribution in [3.05, 3.63) is 67.1 Å². The normalized spacial score (nSPS) is 14.1. The van der Waals surface area contributed by atoms with Crippen LogP contribution in [-0.2, 0) is 0 Å². The van der Waals surface area contributed by atoms with E-state index in [4.69, 9.17) is 0 Å². The Kier molecular flexibility index (Phi) is 4.78. The van der Waals surface area contributed by atoms with Crippen molar-refractivity contribution >= 4 is 28.2 Å². The molecule has 2 N–H and O–H groups in total. The summed E-state index contributed by atoms with van der Waals surface area (Å²) in [6.45, 7) is 3.59. The first-order valence-corrected chi connectivity index (χ1v) is 9.75. The van der Waals surface area contributed by atoms with Crippen LogP contribution in [0.2, 0.25) is 0 Å². The molecule has 0 unspecified atom stereocenters. The molecule has 4 aromatic rings. The van der Waals surface area contributed by atoms with Gasteiger partial charge in [-0.2, -0.15) is 5.10 Å². The molecule has 1 aliphatic rings. The minimum absolute atomic E-state index is 0.276. The molecule has 0 aliphatic carbocycles. The Morgan fingerprint density at radius 2 is 1.97 bits per heavy atom. The van der Waals surface area contributed by atoms with E-state index in [9.17, 15) is 4.79 Å². The first-order valence-electron chi connectivity index (χ1n) is 9.75. The SMILES string of the molecule is O=C(Nc1cnccc1N1CCNCC1)c1ccn(-c2ccc3ncncc3c2)n1. The van der Waals surface area contributed by atoms with E-state index in [1.165, 1.54) is 6.33 Å². The van der Waals surface area contributed by atoms with Gasteiger partial charge in [0, 0.05) is 50.2 Å². The van der Waals surface area contributed by atoms with Gasteiger partial charge in [0.2, 0.25) is 0 Å². The van der Waals surface area contributed by atoms with E-state index in [0.29, 0.717) is 11.4 Å². The second-order valence-electron chi connectivity index (χ2n) is 7.00. The Bertz CT molecular complexity index is 1200. The molecule has 0 saturated carbocycles. The smallest absolute Gasteiger partial charge is 0.276 e. The molecule has 0 radical (unpaired) electrons. The van der Waals surface area contributed by atoms with Gasteiger partial charge in [-0.3, -0.25) is 9.78 Å². The number of nitrogens with zero attached hydrogens (tertiary/aromatic N) is 6. The molecule has 0 atom stereocenters. The average Bonchev–Trinajstić information content (AvgIpc) is 3.30. The molecule has 4 heterocycles. The molecule has 5 rings (SSSR count). The number of nitrogens with one attached hydrogen (secondary N) is 2. The van der Waals surface area contributed by atoms with Crippen molar-refractivity contribution in [2.45, 2.75) is 0 Å². The lowest BCUT2D eigenvalue weighted by molar-refractivity contribution is 0.102. The number of anilines is 2. The van der Waals surface area contributed by atoms with E-state index in [-0.39, 0.29) is 5.91 Å². The molecule has 150 valence electrons. The predicted molar refractivity (Wildman–Crippen MR) is 114 cm³/mol. The highest BCUT2D eigenvalue weighted by molar-refractivity contribution is 6.04. The Morgan fingerprint density at radius 1 is 1.07 bits per heavy atom. The summed E-state index contributed by atoms with van der Waals surface area (Å²) in [7, 11) is 0. The second kappa shape index (κ2) is 7.88. The van der Waals surface area contributed by atoms with E-state index >= 15 is 0 Å². The van der Waals surface area contributed by atoms with E-state index in [1.807, 2.05) is 24.3 Å². The molecular weight excluding hydrogens is 380 g/mol. The predicted octanol–water partition coefficient (Wildman–Crippen LogP) is 1.87. The average molecular weight is 400 g/mol. The van der Waals surface area contributed by atoms with Gasteiger partial charge in [-0.15, -0.1) is 0 Å². The first-order chi connectivity index (χ1) is 14.8. The minimum Gasteiger partial charge on any atom is -0.367 e. The topological polar surface area (TPSA) is 101 Å². The van der Waals surface area contributed by atoms with Crippen molar-refractivity contribution in [2.75, 3.05) is 36.4 Å². The highest BCUT2D eigenvalue weighted by Gasteiger charge is 2.17. The van der Waals surface area contributed by atoms with Crippen LogP contribution >= 0.6 is 0 Å². The summed E-state index contributed by atoms with van der Waals surface area (Å²) >= 11 is 0. The van der Waals surface area contributed by atoms with Crippen molar-refractivity contribution in [1.82, 2.24) is 30.0 Å². The van der Waals surface area contributed by atoms with Crippen LogP contribution in [0.4, 0.5) is 11.4 Å². The summed E-state index contributed by atoms with van der Waals surface area (Å²) in [5.74, 6) is -0.276. The van der Waals surface area contributed by atoms with E-state index in [1.54, 1.807) is 35.5 Å². The zero-order chi connectivity index (χ0) is 20.3. The third kappa shape index (κ3) is 3.58. The van der Waals surface area contributed by atoms with Crippen LogP contribution in [-0.4, -0.2) is 56.8 Å². The van der Waals surface area contributed by atoms with Crippen molar-refractivity contribution < 1.29 is 4.79 Å². The number of carbonyl (C=O) groups is 1. The van der Waals surface area contributed by atoms with Gasteiger partial charge in [-0.25, -0.2) is 14.6 Å². The van der Waals surface area contributed by atoms with Crippen LogP contribution in [0, 0.1) is 0 Å². The number of pyridine rings is 1. The molecule has 1 aliphatic heterocycles. The summed E-state index contributed by atoms with van der Waals surface area (Å²) in [4.78, 5) is 27.5. The van der Waals surface area contributed by atoms with Gasteiger partial charge < -0.3 is 15.5 Å². The van der Waals surface area contributed by atoms with E-state index in [0.717, 1.165) is 48.5 Å². The molecular formula is C21H20N8O. The number of hydrogen-bond donors (Lipinski definition) is 2. The largest absolute Gasteiger partial charge is 0.367 e. The summed E-state index contributed by atoms with van der Waals surface area (Å²) in [6, 6.07) is 9.38. The number of benzene rings is 1. The van der Waals surface area contributed by atoms with Gasteiger partial charge in [0.1, 0.15) is 6.33 Å². The third-order valence-corrected chi connectivity index (χ3v) is 5.08. The summed E-state index contributed by atoms with van der Waals surface area (Å²) in [5, 5.41) is 11.6. The lowest BCUT2D eigenvalue weighted by Crippen LogP contribution is -2.43. The maximum absolute atomic E-state index is 12.8. The third-order valence-electron chi connectivity index (χ3n) is 5.08. The Balaban J connectivity index is 1.37. The maximum atomic E-state index is 12.8. The van der Waals surface area contributed by atoms with Crippen molar-refractivity contribution in [3.63, 3.8) is 0 Å². The molecule has 0 spiro atoms. The second-order valence-corrected chi connectivity index (χ2v) is 7.00. The first kappa shape index (κ1) is 18.2. The van der Waals surface area contributed by atoms with Gasteiger partial charge in [-0.1, -0.05) is 0 Å². The molecule has 1 fully saturated rings. The van der Waals surface area contributed by atoms with E-state index < -0.39 is 0 Å². The van der Waals surface area contributed by atoms with Crippen LogP contribution in [0.3, 0.4) is 0 Å². The Hall–Kier alpha value is -3.85. The van der Waals surface area contributed by atoms with Crippen LogP contribution in [0.5, 0.6) is 0 Å². The fourth-order valence-corrected chi connectivity index (χ4v) is 3.55. The van der Waals surface area contributed by atoms with Gasteiger partial charge in [0.15, 0.2) is 5.69 Å².